The molecule has 8 heteroatoms. The van der Waals surface area contributed by atoms with Gasteiger partial charge in [-0.3, -0.25) is 24.7 Å². The molecule has 1 fully saturated rings. The van der Waals surface area contributed by atoms with Gasteiger partial charge in [-0.15, -0.1) is 0 Å². The Bertz CT molecular complexity index is 815. The van der Waals surface area contributed by atoms with Gasteiger partial charge < -0.3 is 10.2 Å². The van der Waals surface area contributed by atoms with Crippen LogP contribution in [-0.2, 0) is 0 Å². The Labute approximate surface area is 156 Å². The molecule has 0 radical (unpaired) electrons. The van der Waals surface area contributed by atoms with Gasteiger partial charge in [0.25, 0.3) is 17.5 Å². The van der Waals surface area contributed by atoms with E-state index in [2.05, 4.69) is 10.3 Å². The predicted molar refractivity (Wildman–Crippen MR) is 98.3 cm³/mol. The lowest BCUT2D eigenvalue weighted by atomic mass is 9.96. The number of nitrogens with zero attached hydrogens (tertiary/aromatic N) is 3. The van der Waals surface area contributed by atoms with Crippen molar-refractivity contribution in [1.29, 1.82) is 0 Å². The van der Waals surface area contributed by atoms with E-state index in [-0.39, 0.29) is 17.5 Å². The van der Waals surface area contributed by atoms with E-state index in [0.717, 1.165) is 12.8 Å². The van der Waals surface area contributed by atoms with Crippen molar-refractivity contribution in [2.24, 2.45) is 5.92 Å². The number of hydrogen-bond acceptors (Lipinski definition) is 5. The summed E-state index contributed by atoms with van der Waals surface area (Å²) >= 11 is 0. The van der Waals surface area contributed by atoms with E-state index in [4.69, 9.17) is 0 Å². The Morgan fingerprint density at radius 3 is 2.44 bits per heavy atom. The second-order valence-corrected chi connectivity index (χ2v) is 6.49. The summed E-state index contributed by atoms with van der Waals surface area (Å²) in [5.41, 5.74) is 0.935. The highest BCUT2D eigenvalue weighted by atomic mass is 16.6. The van der Waals surface area contributed by atoms with Crippen LogP contribution in [0.1, 0.15) is 33.6 Å². The number of pyridine rings is 1. The maximum atomic E-state index is 12.4. The summed E-state index contributed by atoms with van der Waals surface area (Å²) in [7, 11) is 0. The Kier molecular flexibility index (Phi) is 5.75. The molecule has 0 saturated carbocycles. The topological polar surface area (TPSA) is 105 Å². The van der Waals surface area contributed by atoms with E-state index in [1.54, 1.807) is 24.5 Å². The van der Waals surface area contributed by atoms with E-state index < -0.39 is 4.92 Å². The minimum atomic E-state index is -0.498. The summed E-state index contributed by atoms with van der Waals surface area (Å²) < 4.78 is 0. The number of rotatable bonds is 5. The molecule has 0 unspecified atom stereocenters. The molecule has 1 N–H and O–H groups in total. The molecule has 1 aromatic carbocycles. The van der Waals surface area contributed by atoms with Crippen LogP contribution in [0, 0.1) is 16.0 Å². The molecule has 0 bridgehead atoms. The molecule has 2 aromatic rings. The highest BCUT2D eigenvalue weighted by Crippen LogP contribution is 2.19. The van der Waals surface area contributed by atoms with Gasteiger partial charge in [0.2, 0.25) is 0 Å². The quantitative estimate of drug-likeness (QED) is 0.644. The molecular formula is C19H20N4O4. The molecule has 140 valence electrons. The van der Waals surface area contributed by atoms with Crippen molar-refractivity contribution in [3.63, 3.8) is 0 Å². The molecule has 8 nitrogen and oxygen atoms in total. The molecule has 0 atom stereocenters. The molecule has 27 heavy (non-hydrogen) atoms. The van der Waals surface area contributed by atoms with Crippen molar-refractivity contribution < 1.29 is 14.5 Å². The van der Waals surface area contributed by atoms with Gasteiger partial charge in [0.15, 0.2) is 0 Å². The molecule has 1 aliphatic heterocycles. The van der Waals surface area contributed by atoms with Crippen molar-refractivity contribution >= 4 is 17.5 Å². The predicted octanol–water partition coefficient (Wildman–Crippen LogP) is 2.27. The number of carbonyl (C=O) groups excluding carboxylic acids is 2. The summed E-state index contributed by atoms with van der Waals surface area (Å²) in [5.74, 6) is 0.0279. The van der Waals surface area contributed by atoms with Crippen LogP contribution in [0.3, 0.4) is 0 Å². The van der Waals surface area contributed by atoms with E-state index in [9.17, 15) is 19.7 Å². The van der Waals surface area contributed by atoms with Crippen LogP contribution in [0.25, 0.3) is 0 Å². The summed E-state index contributed by atoms with van der Waals surface area (Å²) in [6, 6.07) is 9.03. The van der Waals surface area contributed by atoms with Crippen LogP contribution in [0.2, 0.25) is 0 Å². The van der Waals surface area contributed by atoms with Crippen molar-refractivity contribution in [2.45, 2.75) is 12.8 Å². The van der Waals surface area contributed by atoms with Crippen molar-refractivity contribution in [1.82, 2.24) is 15.2 Å². The van der Waals surface area contributed by atoms with Gasteiger partial charge >= 0.3 is 0 Å². The van der Waals surface area contributed by atoms with Gasteiger partial charge in [0.05, 0.1) is 10.5 Å². The maximum absolute atomic E-state index is 12.4. The van der Waals surface area contributed by atoms with Crippen LogP contribution in [-0.4, -0.2) is 46.3 Å². The molecule has 2 amide bonds. The number of amides is 2. The second kappa shape index (κ2) is 8.39. The average Bonchev–Trinajstić information content (AvgIpc) is 2.72. The number of non-ortho nitro benzene ring substituents is 1. The molecule has 3 rings (SSSR count). The number of likely N-dealkylation sites (tertiary alicyclic amines) is 1. The lowest BCUT2D eigenvalue weighted by Gasteiger charge is -2.32. The number of benzene rings is 1. The maximum Gasteiger partial charge on any atom is 0.269 e. The van der Waals surface area contributed by atoms with Crippen molar-refractivity contribution in [3.05, 3.63) is 70.0 Å². The molecule has 1 aliphatic rings. The van der Waals surface area contributed by atoms with Gasteiger partial charge in [0.1, 0.15) is 0 Å². The minimum absolute atomic E-state index is 0.0172. The molecule has 1 aromatic heterocycles. The van der Waals surface area contributed by atoms with Gasteiger partial charge in [0, 0.05) is 49.7 Å². The molecule has 1 saturated heterocycles. The van der Waals surface area contributed by atoms with E-state index in [1.807, 2.05) is 4.90 Å². The number of nitro benzene ring substituents is 1. The largest absolute Gasteiger partial charge is 0.352 e. The lowest BCUT2D eigenvalue weighted by Crippen LogP contribution is -2.41. The highest BCUT2D eigenvalue weighted by Gasteiger charge is 2.24. The highest BCUT2D eigenvalue weighted by molar-refractivity contribution is 5.94. The summed E-state index contributed by atoms with van der Waals surface area (Å²) in [6.07, 6.45) is 4.83. The van der Waals surface area contributed by atoms with Crippen LogP contribution < -0.4 is 5.32 Å². The third-order valence-electron chi connectivity index (χ3n) is 4.70. The van der Waals surface area contributed by atoms with Crippen molar-refractivity contribution in [3.8, 4) is 0 Å². The Balaban J connectivity index is 1.46. The SMILES string of the molecule is O=C(NCC1CCN(C(=O)c2cccnc2)CC1)c1ccc([N+](=O)[O-])cc1. The zero-order valence-corrected chi connectivity index (χ0v) is 14.7. The molecule has 2 heterocycles. The van der Waals surface area contributed by atoms with Crippen LogP contribution in [0.4, 0.5) is 5.69 Å². The van der Waals surface area contributed by atoms with Crippen LogP contribution in [0.5, 0.6) is 0 Å². The van der Waals surface area contributed by atoms with Crippen LogP contribution in [0.15, 0.2) is 48.8 Å². The molecule has 0 aliphatic carbocycles. The fourth-order valence-electron chi connectivity index (χ4n) is 3.09. The number of carbonyl (C=O) groups is 2. The van der Waals surface area contributed by atoms with Gasteiger partial charge in [-0.1, -0.05) is 0 Å². The zero-order chi connectivity index (χ0) is 19.2. The first kappa shape index (κ1) is 18.5. The van der Waals surface area contributed by atoms with Gasteiger partial charge in [-0.2, -0.15) is 0 Å². The Morgan fingerprint density at radius 2 is 1.85 bits per heavy atom. The number of aromatic nitrogens is 1. The smallest absolute Gasteiger partial charge is 0.269 e. The average molecular weight is 368 g/mol. The summed E-state index contributed by atoms with van der Waals surface area (Å²) in [6.45, 7) is 1.81. The monoisotopic (exact) mass is 368 g/mol. The van der Waals surface area contributed by atoms with Gasteiger partial charge in [-0.05, 0) is 43.0 Å². The lowest BCUT2D eigenvalue weighted by molar-refractivity contribution is -0.384. The summed E-state index contributed by atoms with van der Waals surface area (Å²) in [5, 5.41) is 13.5. The Morgan fingerprint density at radius 1 is 1.15 bits per heavy atom. The zero-order valence-electron chi connectivity index (χ0n) is 14.7. The van der Waals surface area contributed by atoms with Gasteiger partial charge in [-0.25, -0.2) is 0 Å². The van der Waals surface area contributed by atoms with E-state index >= 15 is 0 Å². The fraction of sp³-hybridized carbons (Fsp3) is 0.316. The van der Waals surface area contributed by atoms with E-state index in [1.165, 1.54) is 24.3 Å². The Hall–Kier alpha value is -3.29. The number of nitro groups is 1. The normalized spacial score (nSPS) is 14.6. The number of nitrogens with one attached hydrogen (secondary N) is 1. The third kappa shape index (κ3) is 4.66. The summed E-state index contributed by atoms with van der Waals surface area (Å²) in [4.78, 5) is 40.5. The minimum Gasteiger partial charge on any atom is -0.352 e. The number of piperidine rings is 1. The third-order valence-corrected chi connectivity index (χ3v) is 4.70. The molecular weight excluding hydrogens is 348 g/mol. The first-order chi connectivity index (χ1) is 13.0. The van der Waals surface area contributed by atoms with Crippen molar-refractivity contribution in [2.75, 3.05) is 19.6 Å². The fourth-order valence-corrected chi connectivity index (χ4v) is 3.09. The molecule has 0 spiro atoms. The first-order valence-electron chi connectivity index (χ1n) is 8.76. The first-order valence-corrected chi connectivity index (χ1v) is 8.76. The second-order valence-electron chi connectivity index (χ2n) is 6.49. The van der Waals surface area contributed by atoms with Crippen LogP contribution >= 0.6 is 0 Å². The van der Waals surface area contributed by atoms with E-state index in [0.29, 0.717) is 36.7 Å². The number of hydrogen-bond donors (Lipinski definition) is 1. The standard InChI is InChI=1S/C19H20N4O4/c24-18(15-3-5-17(6-4-15)23(26)27)21-12-14-7-10-22(11-8-14)19(25)16-2-1-9-20-13-16/h1-6,9,13-14H,7-8,10-12H2,(H,21,24).